The molecule has 1 aliphatic heterocycles. The average molecular weight is 618 g/mol. The summed E-state index contributed by atoms with van der Waals surface area (Å²) in [5.74, 6) is 0. The molecule has 4 heteroatoms. The minimum absolute atomic E-state index is 0.150. The summed E-state index contributed by atoms with van der Waals surface area (Å²) < 4.78 is 15.5. The van der Waals surface area contributed by atoms with Gasteiger partial charge in [0.05, 0.1) is 22.2 Å². The van der Waals surface area contributed by atoms with Crippen molar-refractivity contribution in [3.8, 4) is 27.9 Å². The smallest absolute Gasteiger partial charge is 0.399 e. The van der Waals surface area contributed by atoms with E-state index in [2.05, 4.69) is 169 Å². The van der Waals surface area contributed by atoms with Gasteiger partial charge in [0, 0.05) is 16.5 Å². The quantitative estimate of drug-likeness (QED) is 0.184. The molecule has 0 bridgehead atoms. The Kier molecular flexibility index (Phi) is 6.56. The Bertz CT molecular complexity index is 2170. The Hall–Kier alpha value is -4.12. The average Bonchev–Trinajstić information content (AvgIpc) is 3.56. The van der Waals surface area contributed by atoms with Gasteiger partial charge in [0.15, 0.2) is 0 Å². The fourth-order valence-corrected chi connectivity index (χ4v) is 8.34. The van der Waals surface area contributed by atoms with E-state index in [4.69, 9.17) is 9.31 Å². The number of fused-ring (bicyclic) bond motifs is 4. The minimum atomic E-state index is -0.435. The fourth-order valence-electron chi connectivity index (χ4n) is 8.34. The van der Waals surface area contributed by atoms with Crippen molar-refractivity contribution in [3.63, 3.8) is 0 Å². The predicted molar refractivity (Wildman–Crippen MR) is 198 cm³/mol. The topological polar surface area (TPSA) is 23.4 Å². The molecule has 236 valence electrons. The maximum absolute atomic E-state index is 6.53. The van der Waals surface area contributed by atoms with Crippen LogP contribution in [0.15, 0.2) is 109 Å². The second kappa shape index (κ2) is 10.2. The molecule has 47 heavy (non-hydrogen) atoms. The van der Waals surface area contributed by atoms with Crippen LogP contribution >= 0.6 is 0 Å². The van der Waals surface area contributed by atoms with Crippen molar-refractivity contribution in [2.45, 2.75) is 83.8 Å². The van der Waals surface area contributed by atoms with E-state index in [1.54, 1.807) is 0 Å². The van der Waals surface area contributed by atoms with Gasteiger partial charge >= 0.3 is 7.12 Å². The van der Waals surface area contributed by atoms with Gasteiger partial charge in [-0.15, -0.1) is 0 Å². The van der Waals surface area contributed by atoms with Crippen LogP contribution in [0.3, 0.4) is 0 Å². The number of aromatic nitrogens is 1. The van der Waals surface area contributed by atoms with Crippen LogP contribution in [0, 0.1) is 0 Å². The normalized spacial score (nSPS) is 19.0. The first-order chi connectivity index (χ1) is 22.3. The summed E-state index contributed by atoms with van der Waals surface area (Å²) >= 11 is 0. The van der Waals surface area contributed by atoms with Gasteiger partial charge in [-0.05, 0) is 108 Å². The van der Waals surface area contributed by atoms with Gasteiger partial charge < -0.3 is 13.9 Å². The highest BCUT2D eigenvalue weighted by Gasteiger charge is 2.51. The fraction of sp³-hybridized carbons (Fsp3) is 0.302. The van der Waals surface area contributed by atoms with Crippen LogP contribution in [0.1, 0.15) is 72.9 Å². The summed E-state index contributed by atoms with van der Waals surface area (Å²) in [5, 5.41) is 2.47. The number of hydrogen-bond acceptors (Lipinski definition) is 2. The highest BCUT2D eigenvalue weighted by molar-refractivity contribution is 6.62. The number of rotatable bonds is 4. The molecule has 0 radical (unpaired) electrons. The summed E-state index contributed by atoms with van der Waals surface area (Å²) in [6.07, 6.45) is 1.16. The largest absolute Gasteiger partial charge is 0.494 e. The molecular formula is C43H44BNO2. The number of benzene rings is 5. The van der Waals surface area contributed by atoms with Gasteiger partial charge in [-0.1, -0.05) is 113 Å². The second-order valence-corrected chi connectivity index (χ2v) is 16.0. The summed E-state index contributed by atoms with van der Waals surface area (Å²) in [4.78, 5) is 0. The van der Waals surface area contributed by atoms with Crippen molar-refractivity contribution >= 4 is 34.4 Å². The lowest BCUT2D eigenvalue weighted by atomic mass is 9.78. The first kappa shape index (κ1) is 30.2. The van der Waals surface area contributed by atoms with Crippen molar-refractivity contribution in [1.29, 1.82) is 0 Å². The van der Waals surface area contributed by atoms with E-state index >= 15 is 0 Å². The SMILES string of the molecule is CC1(C)CC(C)(C)c2cc(-c3cccc(-n4c5cc(B6OC(C)(C)C(C)(C)O6)ccc5c5c(-c6ccccc6)cccc54)c3)ccc21. The van der Waals surface area contributed by atoms with Gasteiger partial charge in [-0.3, -0.25) is 0 Å². The summed E-state index contributed by atoms with van der Waals surface area (Å²) in [7, 11) is -0.435. The first-order valence-corrected chi connectivity index (χ1v) is 17.0. The third-order valence-electron chi connectivity index (χ3n) is 11.2. The highest BCUT2D eigenvalue weighted by Crippen LogP contribution is 2.50. The predicted octanol–water partition coefficient (Wildman–Crippen LogP) is 10.4. The molecule has 0 amide bonds. The minimum Gasteiger partial charge on any atom is -0.399 e. The third kappa shape index (κ3) is 4.71. The van der Waals surface area contributed by atoms with Gasteiger partial charge in [0.2, 0.25) is 0 Å². The zero-order valence-electron chi connectivity index (χ0n) is 28.9. The molecule has 2 aliphatic rings. The molecule has 1 aliphatic carbocycles. The van der Waals surface area contributed by atoms with Crippen molar-refractivity contribution < 1.29 is 9.31 Å². The molecule has 2 heterocycles. The maximum Gasteiger partial charge on any atom is 0.494 e. The van der Waals surface area contributed by atoms with E-state index < -0.39 is 18.3 Å². The van der Waals surface area contributed by atoms with Crippen LogP contribution in [0.2, 0.25) is 0 Å². The molecule has 1 saturated heterocycles. The van der Waals surface area contributed by atoms with Crippen molar-refractivity contribution in [1.82, 2.24) is 4.57 Å². The molecular weight excluding hydrogens is 573 g/mol. The van der Waals surface area contributed by atoms with Gasteiger partial charge in [-0.25, -0.2) is 0 Å². The van der Waals surface area contributed by atoms with Crippen LogP contribution in [0.25, 0.3) is 49.7 Å². The molecule has 3 nitrogen and oxygen atoms in total. The molecule has 8 rings (SSSR count). The zero-order chi connectivity index (χ0) is 32.9. The Balaban J connectivity index is 1.34. The van der Waals surface area contributed by atoms with Gasteiger partial charge in [0.25, 0.3) is 0 Å². The Morgan fingerprint density at radius 2 is 1.21 bits per heavy atom. The number of nitrogens with zero attached hydrogens (tertiary/aromatic N) is 1. The van der Waals surface area contributed by atoms with Crippen LogP contribution in [0.5, 0.6) is 0 Å². The van der Waals surface area contributed by atoms with Gasteiger partial charge in [-0.2, -0.15) is 0 Å². The zero-order valence-corrected chi connectivity index (χ0v) is 28.9. The molecule has 6 aromatic rings. The van der Waals surface area contributed by atoms with Crippen LogP contribution in [0.4, 0.5) is 0 Å². The highest BCUT2D eigenvalue weighted by atomic mass is 16.7. The monoisotopic (exact) mass is 617 g/mol. The number of hydrogen-bond donors (Lipinski definition) is 0. The molecule has 1 fully saturated rings. The van der Waals surface area contributed by atoms with Gasteiger partial charge in [0.1, 0.15) is 0 Å². The second-order valence-electron chi connectivity index (χ2n) is 16.0. The molecule has 5 aromatic carbocycles. The molecule has 0 spiro atoms. The van der Waals surface area contributed by atoms with E-state index in [0.29, 0.717) is 0 Å². The van der Waals surface area contributed by atoms with Crippen molar-refractivity contribution in [3.05, 3.63) is 120 Å². The lowest BCUT2D eigenvalue weighted by Crippen LogP contribution is -2.41. The summed E-state index contributed by atoms with van der Waals surface area (Å²) in [5.41, 5.74) is 11.9. The van der Waals surface area contributed by atoms with E-state index in [0.717, 1.165) is 23.1 Å². The third-order valence-corrected chi connectivity index (χ3v) is 11.2. The molecule has 1 aromatic heterocycles. The van der Waals surface area contributed by atoms with E-state index in [9.17, 15) is 0 Å². The Morgan fingerprint density at radius 3 is 1.96 bits per heavy atom. The van der Waals surface area contributed by atoms with Crippen molar-refractivity contribution in [2.24, 2.45) is 0 Å². The lowest BCUT2D eigenvalue weighted by Gasteiger charge is -2.32. The lowest BCUT2D eigenvalue weighted by molar-refractivity contribution is 0.00578. The molecule has 0 atom stereocenters. The van der Waals surface area contributed by atoms with Crippen LogP contribution < -0.4 is 5.46 Å². The van der Waals surface area contributed by atoms with E-state index in [1.807, 2.05) is 0 Å². The Labute approximate surface area is 279 Å². The Morgan fingerprint density at radius 1 is 0.553 bits per heavy atom. The summed E-state index contributed by atoms with van der Waals surface area (Å²) in [6, 6.07) is 40.3. The van der Waals surface area contributed by atoms with Crippen molar-refractivity contribution in [2.75, 3.05) is 0 Å². The van der Waals surface area contributed by atoms with E-state index in [1.165, 1.54) is 49.7 Å². The molecule has 0 unspecified atom stereocenters. The standard InChI is InChI=1S/C43H44BNO2/c1-40(2)27-41(3,4)36-25-30(20-23-35(36)40)29-16-12-17-32(24-29)45-37-19-13-18-33(28-14-10-9-11-15-28)39(37)34-22-21-31(26-38(34)45)44-46-42(5,6)43(7,8)47-44/h9-26H,27H2,1-8H3. The first-order valence-electron chi connectivity index (χ1n) is 17.0. The summed E-state index contributed by atoms with van der Waals surface area (Å²) in [6.45, 7) is 18.0. The maximum atomic E-state index is 6.53. The van der Waals surface area contributed by atoms with Crippen LogP contribution in [-0.4, -0.2) is 22.9 Å². The molecule has 0 N–H and O–H groups in total. The van der Waals surface area contributed by atoms with E-state index in [-0.39, 0.29) is 10.8 Å². The van der Waals surface area contributed by atoms with Crippen LogP contribution in [-0.2, 0) is 20.1 Å². The molecule has 0 saturated carbocycles.